The van der Waals surface area contributed by atoms with Gasteiger partial charge >= 0.3 is 0 Å². The van der Waals surface area contributed by atoms with Gasteiger partial charge in [0.25, 0.3) is 0 Å². The SMILES string of the molecule is CC(CCCNCc1ccc(-c2csc3ccc(C#N)cc23)cc1)Nc1ccnc2ccccc12. The van der Waals surface area contributed by atoms with Crippen molar-refractivity contribution in [2.75, 3.05) is 11.9 Å². The summed E-state index contributed by atoms with van der Waals surface area (Å²) in [7, 11) is 0. The van der Waals surface area contributed by atoms with Crippen LogP contribution in [0.4, 0.5) is 5.69 Å². The summed E-state index contributed by atoms with van der Waals surface area (Å²) in [6.45, 7) is 4.08. The van der Waals surface area contributed by atoms with Crippen LogP contribution in [0.25, 0.3) is 32.1 Å². The van der Waals surface area contributed by atoms with Gasteiger partial charge in [-0.15, -0.1) is 11.3 Å². The third-order valence-electron chi connectivity index (χ3n) is 6.34. The zero-order chi connectivity index (χ0) is 24.0. The topological polar surface area (TPSA) is 60.7 Å². The molecule has 174 valence electrons. The molecule has 0 amide bonds. The van der Waals surface area contributed by atoms with Crippen molar-refractivity contribution >= 4 is 38.0 Å². The Balaban J connectivity index is 1.10. The van der Waals surface area contributed by atoms with Gasteiger partial charge in [0.1, 0.15) is 0 Å². The lowest BCUT2D eigenvalue weighted by Gasteiger charge is -2.17. The van der Waals surface area contributed by atoms with Gasteiger partial charge in [-0.05, 0) is 73.1 Å². The van der Waals surface area contributed by atoms with Crippen LogP contribution in [0.15, 0.2) is 84.4 Å². The third kappa shape index (κ3) is 5.35. The number of anilines is 1. The molecule has 4 nitrogen and oxygen atoms in total. The normalized spacial score (nSPS) is 12.0. The summed E-state index contributed by atoms with van der Waals surface area (Å²) in [6, 6.07) is 27.6. The van der Waals surface area contributed by atoms with E-state index in [4.69, 9.17) is 0 Å². The second-order valence-corrected chi connectivity index (χ2v) is 9.82. The molecule has 0 aliphatic heterocycles. The second-order valence-electron chi connectivity index (χ2n) is 8.91. The first-order valence-electron chi connectivity index (χ1n) is 12.0. The van der Waals surface area contributed by atoms with E-state index in [0.717, 1.165) is 42.5 Å². The van der Waals surface area contributed by atoms with Crippen LogP contribution in [0, 0.1) is 11.3 Å². The second kappa shape index (κ2) is 10.7. The number of nitriles is 1. The smallest absolute Gasteiger partial charge is 0.0991 e. The minimum absolute atomic E-state index is 0.392. The highest BCUT2D eigenvalue weighted by Crippen LogP contribution is 2.34. The highest BCUT2D eigenvalue weighted by Gasteiger charge is 2.08. The largest absolute Gasteiger partial charge is 0.382 e. The highest BCUT2D eigenvalue weighted by atomic mass is 32.1. The number of nitrogens with one attached hydrogen (secondary N) is 2. The molecule has 35 heavy (non-hydrogen) atoms. The van der Waals surface area contributed by atoms with Crippen molar-refractivity contribution in [1.82, 2.24) is 10.3 Å². The lowest BCUT2D eigenvalue weighted by Crippen LogP contribution is -2.20. The summed E-state index contributed by atoms with van der Waals surface area (Å²) >= 11 is 1.72. The van der Waals surface area contributed by atoms with Gasteiger partial charge in [0, 0.05) is 45.5 Å². The fourth-order valence-electron chi connectivity index (χ4n) is 4.45. The summed E-state index contributed by atoms with van der Waals surface area (Å²) in [5.74, 6) is 0. The van der Waals surface area contributed by atoms with E-state index in [1.165, 1.54) is 26.8 Å². The number of hydrogen-bond acceptors (Lipinski definition) is 5. The van der Waals surface area contributed by atoms with Crippen LogP contribution >= 0.6 is 11.3 Å². The number of hydrogen-bond donors (Lipinski definition) is 2. The number of para-hydroxylation sites is 1. The van der Waals surface area contributed by atoms with Crippen molar-refractivity contribution in [3.05, 3.63) is 95.5 Å². The molecule has 5 aromatic rings. The molecule has 0 radical (unpaired) electrons. The molecular weight excluding hydrogens is 448 g/mol. The fourth-order valence-corrected chi connectivity index (χ4v) is 5.40. The highest BCUT2D eigenvalue weighted by molar-refractivity contribution is 7.17. The summed E-state index contributed by atoms with van der Waals surface area (Å²) in [4.78, 5) is 4.44. The molecule has 2 aromatic heterocycles. The predicted molar refractivity (Wildman–Crippen MR) is 148 cm³/mol. The lowest BCUT2D eigenvalue weighted by atomic mass is 10.0. The van der Waals surface area contributed by atoms with Crippen LogP contribution in [-0.4, -0.2) is 17.6 Å². The molecule has 3 aromatic carbocycles. The number of benzene rings is 3. The Kier molecular flexibility index (Phi) is 7.04. The van der Waals surface area contributed by atoms with E-state index in [1.54, 1.807) is 11.3 Å². The summed E-state index contributed by atoms with van der Waals surface area (Å²) in [5, 5.41) is 21.0. The molecule has 5 heteroatoms. The summed E-state index contributed by atoms with van der Waals surface area (Å²) in [5.41, 5.74) is 6.55. The molecule has 2 heterocycles. The molecule has 0 aliphatic rings. The van der Waals surface area contributed by atoms with E-state index in [-0.39, 0.29) is 0 Å². The van der Waals surface area contributed by atoms with E-state index >= 15 is 0 Å². The predicted octanol–water partition coefficient (Wildman–Crippen LogP) is 7.36. The standard InChI is InChI=1S/C30H28N4S/c1-21(34-29-14-16-33-28-7-3-2-6-25(28)29)5-4-15-32-19-22-8-11-24(12-9-22)27-20-35-30-13-10-23(18-31)17-26(27)30/h2-3,6-14,16-17,20-21,32H,4-5,15,19H2,1H3,(H,33,34). The maximum Gasteiger partial charge on any atom is 0.0991 e. The van der Waals surface area contributed by atoms with Crippen molar-refractivity contribution in [3.8, 4) is 17.2 Å². The van der Waals surface area contributed by atoms with E-state index in [0.29, 0.717) is 11.6 Å². The lowest BCUT2D eigenvalue weighted by molar-refractivity contribution is 0.591. The molecule has 1 unspecified atom stereocenters. The molecule has 0 saturated carbocycles. The Bertz CT molecular complexity index is 1480. The van der Waals surface area contributed by atoms with Gasteiger partial charge in [-0.2, -0.15) is 5.26 Å². The van der Waals surface area contributed by atoms with Crippen molar-refractivity contribution in [3.63, 3.8) is 0 Å². The molecule has 1 atom stereocenters. The minimum Gasteiger partial charge on any atom is -0.382 e. The zero-order valence-electron chi connectivity index (χ0n) is 19.8. The molecule has 0 bridgehead atoms. The molecule has 0 saturated heterocycles. The van der Waals surface area contributed by atoms with Crippen LogP contribution in [0.3, 0.4) is 0 Å². The Morgan fingerprint density at radius 3 is 2.71 bits per heavy atom. The Hall–Kier alpha value is -3.72. The molecule has 2 N–H and O–H groups in total. The fraction of sp³-hybridized carbons (Fsp3) is 0.200. The Morgan fingerprint density at radius 2 is 1.86 bits per heavy atom. The van der Waals surface area contributed by atoms with Crippen LogP contribution in [0.1, 0.15) is 30.9 Å². The molecule has 5 rings (SSSR count). The first kappa shape index (κ1) is 23.0. The van der Waals surface area contributed by atoms with Gasteiger partial charge in [0.05, 0.1) is 17.1 Å². The quantitative estimate of drug-likeness (QED) is 0.218. The average Bonchev–Trinajstić information content (AvgIpc) is 3.32. The van der Waals surface area contributed by atoms with Crippen LogP contribution < -0.4 is 10.6 Å². The van der Waals surface area contributed by atoms with Gasteiger partial charge < -0.3 is 10.6 Å². The van der Waals surface area contributed by atoms with Gasteiger partial charge in [0.2, 0.25) is 0 Å². The van der Waals surface area contributed by atoms with Crippen molar-refractivity contribution in [2.45, 2.75) is 32.4 Å². The zero-order valence-corrected chi connectivity index (χ0v) is 20.6. The Labute approximate surface area is 210 Å². The number of aromatic nitrogens is 1. The van der Waals surface area contributed by atoms with E-state index in [1.807, 2.05) is 30.5 Å². The Morgan fingerprint density at radius 1 is 1.00 bits per heavy atom. The third-order valence-corrected chi connectivity index (χ3v) is 7.30. The maximum atomic E-state index is 9.23. The first-order chi connectivity index (χ1) is 17.2. The van der Waals surface area contributed by atoms with Crippen molar-refractivity contribution in [2.24, 2.45) is 0 Å². The first-order valence-corrected chi connectivity index (χ1v) is 12.9. The van der Waals surface area contributed by atoms with Gasteiger partial charge in [-0.25, -0.2) is 0 Å². The summed E-state index contributed by atoms with van der Waals surface area (Å²) < 4.78 is 1.21. The molecule has 0 spiro atoms. The van der Waals surface area contributed by atoms with Gasteiger partial charge in [-0.1, -0.05) is 42.5 Å². The van der Waals surface area contributed by atoms with Gasteiger partial charge in [-0.3, -0.25) is 4.98 Å². The average molecular weight is 477 g/mol. The van der Waals surface area contributed by atoms with Crippen molar-refractivity contribution in [1.29, 1.82) is 5.26 Å². The summed E-state index contributed by atoms with van der Waals surface area (Å²) in [6.07, 6.45) is 4.07. The van der Waals surface area contributed by atoms with Crippen LogP contribution in [-0.2, 0) is 6.54 Å². The number of thiophene rings is 1. The van der Waals surface area contributed by atoms with Crippen molar-refractivity contribution < 1.29 is 0 Å². The van der Waals surface area contributed by atoms with Gasteiger partial charge in [0.15, 0.2) is 0 Å². The minimum atomic E-state index is 0.392. The monoisotopic (exact) mass is 476 g/mol. The molecular formula is C30H28N4S. The maximum absolute atomic E-state index is 9.23. The van der Waals surface area contributed by atoms with E-state index in [2.05, 4.69) is 82.5 Å². The number of nitrogens with zero attached hydrogens (tertiary/aromatic N) is 2. The number of fused-ring (bicyclic) bond motifs is 2. The van der Waals surface area contributed by atoms with Crippen LogP contribution in [0.2, 0.25) is 0 Å². The van der Waals surface area contributed by atoms with E-state index in [9.17, 15) is 5.26 Å². The van der Waals surface area contributed by atoms with E-state index < -0.39 is 0 Å². The van der Waals surface area contributed by atoms with Crippen LogP contribution in [0.5, 0.6) is 0 Å². The number of rotatable bonds is 9. The molecule has 0 fully saturated rings. The number of pyridine rings is 1. The molecule has 0 aliphatic carbocycles.